The van der Waals surface area contributed by atoms with Gasteiger partial charge in [0.2, 0.25) is 5.16 Å². The van der Waals surface area contributed by atoms with E-state index in [0.29, 0.717) is 23.2 Å². The molecule has 0 bridgehead atoms. The van der Waals surface area contributed by atoms with Gasteiger partial charge in [-0.05, 0) is 24.5 Å². The van der Waals surface area contributed by atoms with Crippen LogP contribution in [0.3, 0.4) is 0 Å². The van der Waals surface area contributed by atoms with E-state index in [0.717, 1.165) is 0 Å². The van der Waals surface area contributed by atoms with Crippen molar-refractivity contribution < 1.29 is 0 Å². The summed E-state index contributed by atoms with van der Waals surface area (Å²) in [5, 5.41) is 12.8. The summed E-state index contributed by atoms with van der Waals surface area (Å²) in [6.45, 7) is 8.12. The molecule has 0 amide bonds. The zero-order chi connectivity index (χ0) is 13.7. The summed E-state index contributed by atoms with van der Waals surface area (Å²) in [7, 11) is 0. The molecular formula is C12H20N4OS. The Kier molecular flexibility index (Phi) is 5.53. The maximum atomic E-state index is 12.2. The summed E-state index contributed by atoms with van der Waals surface area (Å²) in [6.07, 6.45) is 4.21. The highest BCUT2D eigenvalue weighted by Gasteiger charge is 2.12. The molecule has 1 rings (SSSR count). The molecule has 100 valence electrons. The van der Waals surface area contributed by atoms with Crippen molar-refractivity contribution in [3.8, 4) is 0 Å². The average Bonchev–Trinajstić information content (AvgIpc) is 2.29. The molecule has 0 aliphatic carbocycles. The predicted octanol–water partition coefficient (Wildman–Crippen LogP) is 2.05. The quantitative estimate of drug-likeness (QED) is 0.605. The van der Waals surface area contributed by atoms with Gasteiger partial charge in [-0.25, -0.2) is 0 Å². The zero-order valence-corrected chi connectivity index (χ0v) is 12.4. The van der Waals surface area contributed by atoms with E-state index in [9.17, 15) is 4.79 Å². The molecule has 0 spiro atoms. The first-order valence-electron chi connectivity index (χ1n) is 6.02. The molecule has 0 atom stereocenters. The molecule has 0 saturated carbocycles. The predicted molar refractivity (Wildman–Crippen MR) is 75.3 cm³/mol. The van der Waals surface area contributed by atoms with Gasteiger partial charge < -0.3 is 0 Å². The largest absolute Gasteiger partial charge is 0.296 e. The number of aromatic nitrogens is 3. The van der Waals surface area contributed by atoms with Crippen LogP contribution in [-0.4, -0.2) is 27.3 Å². The van der Waals surface area contributed by atoms with E-state index >= 15 is 0 Å². The Morgan fingerprint density at radius 3 is 2.50 bits per heavy atom. The SMILES string of the molecule is CSc1nnc(CC(C)C)c(=O)n1/N=C\C(C)C. The van der Waals surface area contributed by atoms with Crippen molar-refractivity contribution >= 4 is 18.0 Å². The third kappa shape index (κ3) is 3.94. The van der Waals surface area contributed by atoms with Gasteiger partial charge >= 0.3 is 0 Å². The van der Waals surface area contributed by atoms with Crippen molar-refractivity contribution in [1.82, 2.24) is 14.9 Å². The van der Waals surface area contributed by atoms with E-state index in [-0.39, 0.29) is 11.5 Å². The Hall–Kier alpha value is -1.17. The molecule has 6 heteroatoms. The van der Waals surface area contributed by atoms with Crippen LogP contribution >= 0.6 is 11.8 Å². The average molecular weight is 268 g/mol. The molecule has 0 fully saturated rings. The molecule has 0 saturated heterocycles. The lowest BCUT2D eigenvalue weighted by molar-refractivity contribution is 0.570. The van der Waals surface area contributed by atoms with E-state index in [1.165, 1.54) is 16.4 Å². The van der Waals surface area contributed by atoms with Crippen LogP contribution in [0.5, 0.6) is 0 Å². The monoisotopic (exact) mass is 268 g/mol. The first-order chi connectivity index (χ1) is 8.45. The van der Waals surface area contributed by atoms with Gasteiger partial charge in [0.1, 0.15) is 5.69 Å². The van der Waals surface area contributed by atoms with E-state index in [1.54, 1.807) is 6.21 Å². The van der Waals surface area contributed by atoms with Crippen molar-refractivity contribution in [2.45, 2.75) is 39.3 Å². The summed E-state index contributed by atoms with van der Waals surface area (Å²) in [4.78, 5) is 12.2. The molecule has 0 radical (unpaired) electrons. The molecule has 0 aliphatic heterocycles. The van der Waals surface area contributed by atoms with E-state index < -0.39 is 0 Å². The van der Waals surface area contributed by atoms with Crippen molar-refractivity contribution in [2.75, 3.05) is 6.26 Å². The van der Waals surface area contributed by atoms with Crippen molar-refractivity contribution in [1.29, 1.82) is 0 Å². The molecule has 5 nitrogen and oxygen atoms in total. The van der Waals surface area contributed by atoms with E-state index in [4.69, 9.17) is 0 Å². The second-order valence-electron chi connectivity index (χ2n) is 4.86. The summed E-state index contributed by atoms with van der Waals surface area (Å²) in [5.41, 5.74) is 0.309. The molecule has 0 aliphatic rings. The summed E-state index contributed by atoms with van der Waals surface area (Å²) < 4.78 is 1.34. The van der Waals surface area contributed by atoms with Gasteiger partial charge in [-0.15, -0.1) is 10.2 Å². The molecule has 1 aromatic heterocycles. The second-order valence-corrected chi connectivity index (χ2v) is 5.63. The minimum atomic E-state index is -0.167. The lowest BCUT2D eigenvalue weighted by atomic mass is 10.1. The fourth-order valence-corrected chi connectivity index (χ4v) is 1.77. The Balaban J connectivity index is 3.23. The molecule has 0 N–H and O–H groups in total. The van der Waals surface area contributed by atoms with Crippen LogP contribution in [0.4, 0.5) is 0 Å². The highest BCUT2D eigenvalue weighted by Crippen LogP contribution is 2.09. The third-order valence-electron chi connectivity index (χ3n) is 2.14. The molecule has 0 unspecified atom stereocenters. The van der Waals surface area contributed by atoms with Crippen LogP contribution in [0.25, 0.3) is 0 Å². The standard InChI is InChI=1S/C12H20N4OS/c1-8(2)6-10-11(17)16(13-7-9(3)4)12(18-5)15-14-10/h7-9H,6H2,1-5H3/b13-7-. The van der Waals surface area contributed by atoms with Gasteiger partial charge in [0.05, 0.1) is 0 Å². The number of rotatable bonds is 5. The normalized spacial score (nSPS) is 11.9. The smallest absolute Gasteiger partial charge is 0.265 e. The lowest BCUT2D eigenvalue weighted by Crippen LogP contribution is -2.26. The lowest BCUT2D eigenvalue weighted by Gasteiger charge is -2.07. The number of hydrogen-bond acceptors (Lipinski definition) is 5. The number of nitrogens with zero attached hydrogens (tertiary/aromatic N) is 4. The molecule has 0 aromatic carbocycles. The van der Waals surface area contributed by atoms with Crippen LogP contribution in [0.15, 0.2) is 15.1 Å². The van der Waals surface area contributed by atoms with Gasteiger partial charge in [-0.1, -0.05) is 39.5 Å². The van der Waals surface area contributed by atoms with Crippen molar-refractivity contribution in [3.05, 3.63) is 16.0 Å². The fourth-order valence-electron chi connectivity index (χ4n) is 1.34. The minimum absolute atomic E-state index is 0.167. The van der Waals surface area contributed by atoms with Crippen LogP contribution in [0, 0.1) is 11.8 Å². The fraction of sp³-hybridized carbons (Fsp3) is 0.667. The summed E-state index contributed by atoms with van der Waals surface area (Å²) >= 11 is 1.36. The highest BCUT2D eigenvalue weighted by molar-refractivity contribution is 7.98. The number of thioether (sulfide) groups is 1. The summed E-state index contributed by atoms with van der Waals surface area (Å²) in [5.74, 6) is 0.656. The second kappa shape index (κ2) is 6.68. The Morgan fingerprint density at radius 2 is 2.00 bits per heavy atom. The highest BCUT2D eigenvalue weighted by atomic mass is 32.2. The van der Waals surface area contributed by atoms with Crippen molar-refractivity contribution in [3.63, 3.8) is 0 Å². The molecule has 18 heavy (non-hydrogen) atoms. The summed E-state index contributed by atoms with van der Waals surface area (Å²) in [6, 6.07) is 0. The van der Waals surface area contributed by atoms with Crippen molar-refractivity contribution in [2.24, 2.45) is 16.9 Å². The van der Waals surface area contributed by atoms with Gasteiger partial charge in [0, 0.05) is 6.21 Å². The first-order valence-corrected chi connectivity index (χ1v) is 7.25. The van der Waals surface area contributed by atoms with Gasteiger partial charge in [0.15, 0.2) is 0 Å². The maximum absolute atomic E-state index is 12.2. The van der Waals surface area contributed by atoms with Crippen LogP contribution in [-0.2, 0) is 6.42 Å². The van der Waals surface area contributed by atoms with Crippen LogP contribution in [0.2, 0.25) is 0 Å². The third-order valence-corrected chi connectivity index (χ3v) is 2.76. The Labute approximate surface area is 112 Å². The van der Waals surface area contributed by atoms with Gasteiger partial charge in [0.25, 0.3) is 5.56 Å². The Bertz CT molecular complexity index is 479. The van der Waals surface area contributed by atoms with E-state index in [2.05, 4.69) is 15.3 Å². The minimum Gasteiger partial charge on any atom is -0.265 e. The Morgan fingerprint density at radius 1 is 1.33 bits per heavy atom. The maximum Gasteiger partial charge on any atom is 0.296 e. The first kappa shape index (κ1) is 14.9. The van der Waals surface area contributed by atoms with Crippen LogP contribution in [0.1, 0.15) is 33.4 Å². The molecular weight excluding hydrogens is 248 g/mol. The molecule has 1 aromatic rings. The van der Waals surface area contributed by atoms with Gasteiger partial charge in [-0.3, -0.25) is 4.79 Å². The van der Waals surface area contributed by atoms with Gasteiger partial charge in [-0.2, -0.15) is 9.78 Å². The van der Waals surface area contributed by atoms with E-state index in [1.807, 2.05) is 34.0 Å². The molecule has 1 heterocycles. The van der Waals surface area contributed by atoms with Crippen LogP contribution < -0.4 is 5.56 Å². The topological polar surface area (TPSA) is 60.1 Å². The zero-order valence-electron chi connectivity index (χ0n) is 11.5. The number of hydrogen-bond donors (Lipinski definition) is 0.